The van der Waals surface area contributed by atoms with Gasteiger partial charge in [0.25, 0.3) is 0 Å². The first-order valence-electron chi connectivity index (χ1n) is 5.07. The zero-order valence-corrected chi connectivity index (χ0v) is 9.29. The predicted octanol–water partition coefficient (Wildman–Crippen LogP) is 2.79. The van der Waals surface area contributed by atoms with Crippen molar-refractivity contribution >= 4 is 11.3 Å². The van der Waals surface area contributed by atoms with Gasteiger partial charge in [0.15, 0.2) is 0 Å². The average molecular weight is 217 g/mol. The molecule has 0 aromatic carbocycles. The van der Waals surface area contributed by atoms with Gasteiger partial charge in [-0.2, -0.15) is 0 Å². The summed E-state index contributed by atoms with van der Waals surface area (Å²) >= 11 is 1.66. The molecule has 2 heterocycles. The number of nitrogens with zero attached hydrogens (tertiary/aromatic N) is 3. The lowest BCUT2D eigenvalue weighted by atomic mass is 10.2. The highest BCUT2D eigenvalue weighted by molar-refractivity contribution is 7.09. The summed E-state index contributed by atoms with van der Waals surface area (Å²) in [7, 11) is 0. The van der Waals surface area contributed by atoms with Crippen LogP contribution in [0.1, 0.15) is 29.6 Å². The van der Waals surface area contributed by atoms with E-state index in [1.807, 2.05) is 24.7 Å². The molecule has 3 nitrogen and oxygen atoms in total. The van der Waals surface area contributed by atoms with Crippen molar-refractivity contribution in [1.82, 2.24) is 15.0 Å². The van der Waals surface area contributed by atoms with Crippen molar-refractivity contribution in [3.63, 3.8) is 0 Å². The largest absolute Gasteiger partial charge is 0.241 e. The summed E-state index contributed by atoms with van der Waals surface area (Å²) in [6.07, 6.45) is 6.26. The molecule has 0 amide bonds. The summed E-state index contributed by atoms with van der Waals surface area (Å²) in [5.41, 5.74) is 2.00. The average Bonchev–Trinajstić information content (AvgIpc) is 3.02. The molecule has 1 aliphatic carbocycles. The number of rotatable bonds is 2. The van der Waals surface area contributed by atoms with Gasteiger partial charge in [0.05, 0.1) is 10.7 Å². The summed E-state index contributed by atoms with van der Waals surface area (Å²) in [6.45, 7) is 2.01. The molecule has 0 unspecified atom stereocenters. The molecule has 76 valence electrons. The molecule has 0 atom stereocenters. The maximum atomic E-state index is 4.41. The molecule has 1 fully saturated rings. The molecule has 0 spiro atoms. The first kappa shape index (κ1) is 8.97. The van der Waals surface area contributed by atoms with E-state index in [0.717, 1.165) is 22.1 Å². The van der Waals surface area contributed by atoms with Crippen molar-refractivity contribution in [3.8, 4) is 11.3 Å². The van der Waals surface area contributed by atoms with E-state index in [9.17, 15) is 0 Å². The lowest BCUT2D eigenvalue weighted by Gasteiger charge is -1.98. The molecule has 3 rings (SSSR count). The molecule has 0 saturated heterocycles. The number of aromatic nitrogens is 3. The van der Waals surface area contributed by atoms with Gasteiger partial charge in [-0.05, 0) is 19.8 Å². The van der Waals surface area contributed by atoms with Crippen LogP contribution in [0, 0.1) is 6.92 Å². The Hall–Kier alpha value is -1.29. The predicted molar refractivity (Wildman–Crippen MR) is 59.9 cm³/mol. The fourth-order valence-corrected chi connectivity index (χ4v) is 2.14. The Morgan fingerprint density at radius 3 is 2.53 bits per heavy atom. The van der Waals surface area contributed by atoms with E-state index in [1.165, 1.54) is 12.8 Å². The van der Waals surface area contributed by atoms with Crippen LogP contribution in [0.25, 0.3) is 11.3 Å². The second-order valence-electron chi connectivity index (χ2n) is 3.86. The van der Waals surface area contributed by atoms with Crippen LogP contribution in [0.4, 0.5) is 0 Å². The lowest BCUT2D eigenvalue weighted by molar-refractivity contribution is 0.927. The minimum Gasteiger partial charge on any atom is -0.241 e. The maximum Gasteiger partial charge on any atom is 0.131 e. The van der Waals surface area contributed by atoms with Gasteiger partial charge in [-0.25, -0.2) is 15.0 Å². The van der Waals surface area contributed by atoms with E-state index >= 15 is 0 Å². The Labute approximate surface area is 92.2 Å². The summed E-state index contributed by atoms with van der Waals surface area (Å²) in [6, 6.07) is 0. The number of aryl methyl sites for hydroxylation is 1. The second kappa shape index (κ2) is 3.38. The van der Waals surface area contributed by atoms with Crippen LogP contribution in [0.15, 0.2) is 17.8 Å². The maximum absolute atomic E-state index is 4.41. The van der Waals surface area contributed by atoms with Gasteiger partial charge >= 0.3 is 0 Å². The zero-order valence-electron chi connectivity index (χ0n) is 8.47. The first-order chi connectivity index (χ1) is 7.33. The first-order valence-corrected chi connectivity index (χ1v) is 5.95. The Kier molecular flexibility index (Phi) is 2.02. The molecule has 0 N–H and O–H groups in total. The van der Waals surface area contributed by atoms with Gasteiger partial charge in [-0.1, -0.05) is 0 Å². The minimum absolute atomic E-state index is 0.622. The van der Waals surface area contributed by atoms with E-state index in [-0.39, 0.29) is 0 Å². The summed E-state index contributed by atoms with van der Waals surface area (Å²) in [5.74, 6) is 1.61. The van der Waals surface area contributed by atoms with Gasteiger partial charge in [0.1, 0.15) is 5.82 Å². The molecule has 0 radical (unpaired) electrons. The van der Waals surface area contributed by atoms with Crippen molar-refractivity contribution in [2.24, 2.45) is 0 Å². The summed E-state index contributed by atoms with van der Waals surface area (Å²) < 4.78 is 0. The van der Waals surface area contributed by atoms with E-state index in [0.29, 0.717) is 5.92 Å². The molecule has 2 aromatic rings. The topological polar surface area (TPSA) is 38.7 Å². The van der Waals surface area contributed by atoms with E-state index in [4.69, 9.17) is 0 Å². The van der Waals surface area contributed by atoms with E-state index in [1.54, 1.807) is 11.3 Å². The van der Waals surface area contributed by atoms with Crippen LogP contribution in [0.5, 0.6) is 0 Å². The van der Waals surface area contributed by atoms with Crippen molar-refractivity contribution in [3.05, 3.63) is 28.6 Å². The highest BCUT2D eigenvalue weighted by atomic mass is 32.1. The standard InChI is InChI=1S/C11H11N3S/c1-7-14-10(6-15-7)9-4-12-11(13-5-9)8-2-3-8/h4-6,8H,2-3H2,1H3. The van der Waals surface area contributed by atoms with Crippen LogP contribution < -0.4 is 0 Å². The minimum atomic E-state index is 0.622. The third kappa shape index (κ3) is 1.77. The van der Waals surface area contributed by atoms with Gasteiger partial charge in [-0.3, -0.25) is 0 Å². The highest BCUT2D eigenvalue weighted by Gasteiger charge is 2.26. The Morgan fingerprint density at radius 2 is 2.00 bits per heavy atom. The van der Waals surface area contributed by atoms with Crippen molar-refractivity contribution in [2.75, 3.05) is 0 Å². The smallest absolute Gasteiger partial charge is 0.131 e. The van der Waals surface area contributed by atoms with Gasteiger partial charge in [0, 0.05) is 29.3 Å². The third-order valence-electron chi connectivity index (χ3n) is 2.53. The summed E-state index contributed by atoms with van der Waals surface area (Å²) in [4.78, 5) is 13.2. The van der Waals surface area contributed by atoms with Crippen LogP contribution in [0.3, 0.4) is 0 Å². The highest BCUT2D eigenvalue weighted by Crippen LogP contribution is 2.37. The number of thiazole rings is 1. The van der Waals surface area contributed by atoms with E-state index < -0.39 is 0 Å². The van der Waals surface area contributed by atoms with Crippen molar-refractivity contribution < 1.29 is 0 Å². The van der Waals surface area contributed by atoms with Crippen molar-refractivity contribution in [2.45, 2.75) is 25.7 Å². The van der Waals surface area contributed by atoms with Gasteiger partial charge < -0.3 is 0 Å². The van der Waals surface area contributed by atoms with Crippen LogP contribution in [-0.4, -0.2) is 15.0 Å². The molecule has 1 saturated carbocycles. The summed E-state index contributed by atoms with van der Waals surface area (Å²) in [5, 5.41) is 3.13. The number of hydrogen-bond donors (Lipinski definition) is 0. The molecule has 4 heteroatoms. The quantitative estimate of drug-likeness (QED) is 0.776. The molecule has 0 aliphatic heterocycles. The molecule has 2 aromatic heterocycles. The molecular weight excluding hydrogens is 206 g/mol. The fraction of sp³-hybridized carbons (Fsp3) is 0.364. The van der Waals surface area contributed by atoms with E-state index in [2.05, 4.69) is 15.0 Å². The Morgan fingerprint density at radius 1 is 1.27 bits per heavy atom. The SMILES string of the molecule is Cc1nc(-c2cnc(C3CC3)nc2)cs1. The third-order valence-corrected chi connectivity index (χ3v) is 3.30. The van der Waals surface area contributed by atoms with Crippen molar-refractivity contribution in [1.29, 1.82) is 0 Å². The Bertz CT molecular complexity index is 471. The number of hydrogen-bond acceptors (Lipinski definition) is 4. The molecule has 15 heavy (non-hydrogen) atoms. The van der Waals surface area contributed by atoms with Gasteiger partial charge in [0.2, 0.25) is 0 Å². The fourth-order valence-electron chi connectivity index (χ4n) is 1.52. The molecular formula is C11H11N3S. The Balaban J connectivity index is 1.92. The van der Waals surface area contributed by atoms with Gasteiger partial charge in [-0.15, -0.1) is 11.3 Å². The van der Waals surface area contributed by atoms with Crippen LogP contribution >= 0.6 is 11.3 Å². The molecule has 1 aliphatic rings. The zero-order chi connectivity index (χ0) is 10.3. The lowest BCUT2D eigenvalue weighted by Crippen LogP contribution is -1.92. The van der Waals surface area contributed by atoms with Crippen LogP contribution in [0.2, 0.25) is 0 Å². The second-order valence-corrected chi connectivity index (χ2v) is 4.92. The normalized spacial score (nSPS) is 15.5. The molecule has 0 bridgehead atoms. The van der Waals surface area contributed by atoms with Crippen LogP contribution in [-0.2, 0) is 0 Å². The monoisotopic (exact) mass is 217 g/mol.